The first kappa shape index (κ1) is 12.7. The van der Waals surface area contributed by atoms with Gasteiger partial charge >= 0.3 is 5.97 Å². The molecule has 0 aliphatic rings. The summed E-state index contributed by atoms with van der Waals surface area (Å²) in [6.07, 6.45) is 0.932. The predicted octanol–water partition coefficient (Wildman–Crippen LogP) is 2.41. The van der Waals surface area contributed by atoms with Crippen molar-refractivity contribution in [3.8, 4) is 0 Å². The molecule has 0 saturated heterocycles. The highest BCUT2D eigenvalue weighted by Gasteiger charge is 2.26. The first-order valence-electron chi connectivity index (χ1n) is 5.53. The second-order valence-corrected chi connectivity index (χ2v) is 4.22. The summed E-state index contributed by atoms with van der Waals surface area (Å²) in [4.78, 5) is 15.1. The van der Waals surface area contributed by atoms with Crippen molar-refractivity contribution in [2.24, 2.45) is 5.92 Å². The first-order valence-corrected chi connectivity index (χ1v) is 5.53. The van der Waals surface area contributed by atoms with Gasteiger partial charge in [-0.25, -0.2) is 0 Å². The van der Waals surface area contributed by atoms with Crippen LogP contribution in [0.2, 0.25) is 0 Å². The number of rotatable bonds is 5. The largest absolute Gasteiger partial charge is 0.481 e. The van der Waals surface area contributed by atoms with E-state index < -0.39 is 11.9 Å². The molecule has 0 fully saturated rings. The van der Waals surface area contributed by atoms with E-state index >= 15 is 0 Å². The Kier molecular flexibility index (Phi) is 4.04. The van der Waals surface area contributed by atoms with E-state index in [0.717, 1.165) is 6.42 Å². The van der Waals surface area contributed by atoms with Crippen LogP contribution in [-0.4, -0.2) is 21.2 Å². The molecule has 0 spiro atoms. The molecule has 5 nitrogen and oxygen atoms in total. The van der Waals surface area contributed by atoms with E-state index in [1.807, 2.05) is 13.8 Å². The van der Waals surface area contributed by atoms with Gasteiger partial charge in [-0.2, -0.15) is 4.98 Å². The van der Waals surface area contributed by atoms with Crippen LogP contribution in [0, 0.1) is 5.92 Å². The lowest BCUT2D eigenvalue weighted by Crippen LogP contribution is -2.17. The second-order valence-electron chi connectivity index (χ2n) is 4.22. The topological polar surface area (TPSA) is 76.2 Å². The van der Waals surface area contributed by atoms with E-state index in [1.54, 1.807) is 13.8 Å². The highest BCUT2D eigenvalue weighted by Crippen LogP contribution is 2.24. The number of carboxylic acid groups (broad SMARTS) is 1. The molecule has 3 unspecified atom stereocenters. The Morgan fingerprint density at radius 1 is 1.44 bits per heavy atom. The minimum Gasteiger partial charge on any atom is -0.481 e. The Hall–Kier alpha value is -1.39. The summed E-state index contributed by atoms with van der Waals surface area (Å²) in [5, 5.41) is 12.8. The van der Waals surface area contributed by atoms with Gasteiger partial charge in [-0.15, -0.1) is 0 Å². The maximum atomic E-state index is 10.8. The first-order chi connectivity index (χ1) is 7.47. The molecule has 0 radical (unpaired) electrons. The van der Waals surface area contributed by atoms with E-state index in [9.17, 15) is 4.79 Å². The lowest BCUT2D eigenvalue weighted by molar-refractivity contribution is -0.141. The normalized spacial score (nSPS) is 16.8. The number of hydrogen-bond acceptors (Lipinski definition) is 4. The number of carboxylic acids is 1. The number of aliphatic carboxylic acids is 1. The molecule has 0 aromatic carbocycles. The Bertz CT molecular complexity index is 362. The third-order valence-electron chi connectivity index (χ3n) is 3.04. The molecule has 16 heavy (non-hydrogen) atoms. The molecule has 0 saturated carbocycles. The molecule has 0 aliphatic carbocycles. The molecule has 1 rings (SSSR count). The molecular weight excluding hydrogens is 208 g/mol. The van der Waals surface area contributed by atoms with Crippen LogP contribution in [0.15, 0.2) is 4.52 Å². The third kappa shape index (κ3) is 2.59. The summed E-state index contributed by atoms with van der Waals surface area (Å²) in [6, 6.07) is 0. The number of aromatic nitrogens is 2. The monoisotopic (exact) mass is 226 g/mol. The maximum absolute atomic E-state index is 10.8. The lowest BCUT2D eigenvalue weighted by Gasteiger charge is -2.10. The molecule has 0 aliphatic heterocycles. The van der Waals surface area contributed by atoms with Gasteiger partial charge in [0.15, 0.2) is 5.82 Å². The van der Waals surface area contributed by atoms with Gasteiger partial charge in [0.25, 0.3) is 0 Å². The Balaban J connectivity index is 2.81. The zero-order valence-corrected chi connectivity index (χ0v) is 10.1. The van der Waals surface area contributed by atoms with E-state index in [-0.39, 0.29) is 11.8 Å². The third-order valence-corrected chi connectivity index (χ3v) is 3.04. The van der Waals surface area contributed by atoms with E-state index in [0.29, 0.717) is 11.7 Å². The molecule has 1 aromatic heterocycles. The second kappa shape index (κ2) is 5.09. The summed E-state index contributed by atoms with van der Waals surface area (Å²) in [6.45, 7) is 7.48. The minimum atomic E-state index is -0.851. The summed E-state index contributed by atoms with van der Waals surface area (Å²) in [7, 11) is 0. The standard InChI is InChI=1S/C11H18N2O3/c1-5-6(2)9-12-10(16-13-9)7(3)8(4)11(14)15/h6-8H,5H2,1-4H3,(H,14,15). The number of carbonyl (C=O) groups is 1. The van der Waals surface area contributed by atoms with Crippen molar-refractivity contribution < 1.29 is 14.4 Å². The van der Waals surface area contributed by atoms with Crippen molar-refractivity contribution >= 4 is 5.97 Å². The van der Waals surface area contributed by atoms with Gasteiger partial charge in [0.2, 0.25) is 5.89 Å². The van der Waals surface area contributed by atoms with Crippen molar-refractivity contribution in [2.75, 3.05) is 0 Å². The van der Waals surface area contributed by atoms with Crippen LogP contribution in [0.25, 0.3) is 0 Å². The Morgan fingerprint density at radius 2 is 2.06 bits per heavy atom. The fourth-order valence-corrected chi connectivity index (χ4v) is 1.24. The average molecular weight is 226 g/mol. The summed E-state index contributed by atoms with van der Waals surface area (Å²) in [5.41, 5.74) is 0. The highest BCUT2D eigenvalue weighted by atomic mass is 16.5. The number of hydrogen-bond donors (Lipinski definition) is 1. The molecule has 1 aromatic rings. The van der Waals surface area contributed by atoms with Crippen molar-refractivity contribution in [3.63, 3.8) is 0 Å². The van der Waals surface area contributed by atoms with Gasteiger partial charge in [-0.3, -0.25) is 4.79 Å². The van der Waals surface area contributed by atoms with E-state index in [1.165, 1.54) is 0 Å². The molecule has 90 valence electrons. The minimum absolute atomic E-state index is 0.241. The highest BCUT2D eigenvalue weighted by molar-refractivity contribution is 5.70. The van der Waals surface area contributed by atoms with Gasteiger partial charge in [0, 0.05) is 11.8 Å². The van der Waals surface area contributed by atoms with Gasteiger partial charge in [-0.05, 0) is 6.42 Å². The average Bonchev–Trinajstić information content (AvgIpc) is 2.75. The van der Waals surface area contributed by atoms with Gasteiger partial charge < -0.3 is 9.63 Å². The van der Waals surface area contributed by atoms with Crippen LogP contribution in [-0.2, 0) is 4.79 Å². The smallest absolute Gasteiger partial charge is 0.307 e. The van der Waals surface area contributed by atoms with Gasteiger partial charge in [0.1, 0.15) is 0 Å². The zero-order chi connectivity index (χ0) is 12.3. The molecule has 0 amide bonds. The van der Waals surface area contributed by atoms with Crippen molar-refractivity contribution in [3.05, 3.63) is 11.7 Å². The quantitative estimate of drug-likeness (QED) is 0.834. The predicted molar refractivity (Wildman–Crippen MR) is 58.2 cm³/mol. The Morgan fingerprint density at radius 3 is 2.56 bits per heavy atom. The molecule has 3 atom stereocenters. The lowest BCUT2D eigenvalue weighted by atomic mass is 9.96. The summed E-state index contributed by atoms with van der Waals surface area (Å²) >= 11 is 0. The van der Waals surface area contributed by atoms with Crippen LogP contribution in [0.5, 0.6) is 0 Å². The van der Waals surface area contributed by atoms with Gasteiger partial charge in [0.05, 0.1) is 5.92 Å². The van der Waals surface area contributed by atoms with Gasteiger partial charge in [-0.1, -0.05) is 32.9 Å². The van der Waals surface area contributed by atoms with Crippen molar-refractivity contribution in [2.45, 2.75) is 46.0 Å². The van der Waals surface area contributed by atoms with Crippen LogP contribution in [0.3, 0.4) is 0 Å². The van der Waals surface area contributed by atoms with Crippen LogP contribution in [0.1, 0.15) is 57.7 Å². The summed E-state index contributed by atoms with van der Waals surface area (Å²) < 4.78 is 5.10. The van der Waals surface area contributed by atoms with Crippen LogP contribution < -0.4 is 0 Å². The molecule has 5 heteroatoms. The summed E-state index contributed by atoms with van der Waals surface area (Å²) in [5.74, 6) is -0.333. The van der Waals surface area contributed by atoms with Crippen molar-refractivity contribution in [1.82, 2.24) is 10.1 Å². The van der Waals surface area contributed by atoms with Crippen LogP contribution >= 0.6 is 0 Å². The van der Waals surface area contributed by atoms with E-state index in [2.05, 4.69) is 10.1 Å². The SMILES string of the molecule is CCC(C)c1noc(C(C)C(C)C(=O)O)n1. The molecule has 1 N–H and O–H groups in total. The van der Waals surface area contributed by atoms with Crippen molar-refractivity contribution in [1.29, 1.82) is 0 Å². The zero-order valence-electron chi connectivity index (χ0n) is 10.1. The molecular formula is C11H18N2O3. The fraction of sp³-hybridized carbons (Fsp3) is 0.727. The molecule has 0 bridgehead atoms. The Labute approximate surface area is 94.9 Å². The van der Waals surface area contributed by atoms with Crippen LogP contribution in [0.4, 0.5) is 0 Å². The molecule has 1 heterocycles. The van der Waals surface area contributed by atoms with E-state index in [4.69, 9.17) is 9.63 Å². The fourth-order valence-electron chi connectivity index (χ4n) is 1.24. The number of nitrogens with zero attached hydrogens (tertiary/aromatic N) is 2. The maximum Gasteiger partial charge on any atom is 0.307 e.